The van der Waals surface area contributed by atoms with Crippen molar-refractivity contribution in [1.29, 1.82) is 0 Å². The average Bonchev–Trinajstić information content (AvgIpc) is 2.06. The standard InChI is InChI=1S/C8H6F2O2/c9-8(11)7-3-1-6(2-4-7)5-12-10/h1-4H,5H2. The molecule has 0 atom stereocenters. The van der Waals surface area contributed by atoms with Crippen molar-refractivity contribution in [2.75, 3.05) is 0 Å². The van der Waals surface area contributed by atoms with E-state index in [0.29, 0.717) is 5.56 Å². The molecule has 0 unspecified atom stereocenters. The molecule has 2 nitrogen and oxygen atoms in total. The minimum absolute atomic E-state index is 0.0439. The fourth-order valence-electron chi connectivity index (χ4n) is 0.795. The first kappa shape index (κ1) is 8.80. The zero-order valence-corrected chi connectivity index (χ0v) is 6.09. The Balaban J connectivity index is 2.78. The number of carbonyl (C=O) groups excluding carboxylic acids is 1. The lowest BCUT2D eigenvalue weighted by molar-refractivity contribution is -0.144. The molecule has 0 amide bonds. The molecule has 0 fully saturated rings. The Morgan fingerprint density at radius 1 is 1.33 bits per heavy atom. The molecule has 1 aromatic rings. The van der Waals surface area contributed by atoms with Crippen molar-refractivity contribution < 1.29 is 18.7 Å². The van der Waals surface area contributed by atoms with E-state index in [1.165, 1.54) is 24.3 Å². The molecular weight excluding hydrogens is 166 g/mol. The van der Waals surface area contributed by atoms with Gasteiger partial charge in [0.2, 0.25) is 0 Å². The summed E-state index contributed by atoms with van der Waals surface area (Å²) >= 11 is 0. The molecule has 4 heteroatoms. The zero-order chi connectivity index (χ0) is 8.97. The van der Waals surface area contributed by atoms with Gasteiger partial charge in [-0.1, -0.05) is 12.1 Å². The van der Waals surface area contributed by atoms with E-state index >= 15 is 0 Å². The van der Waals surface area contributed by atoms with E-state index < -0.39 is 6.04 Å². The molecule has 1 aromatic carbocycles. The van der Waals surface area contributed by atoms with E-state index in [1.54, 1.807) is 0 Å². The molecule has 0 saturated carbocycles. The molecule has 64 valence electrons. The van der Waals surface area contributed by atoms with Crippen molar-refractivity contribution in [2.45, 2.75) is 6.61 Å². The molecular formula is C8H6F2O2. The highest BCUT2D eigenvalue weighted by atomic mass is 19.3. The summed E-state index contributed by atoms with van der Waals surface area (Å²) in [5.74, 6) is 0. The van der Waals surface area contributed by atoms with Crippen LogP contribution < -0.4 is 0 Å². The van der Waals surface area contributed by atoms with Crippen LogP contribution in [0.3, 0.4) is 0 Å². The van der Waals surface area contributed by atoms with Crippen LogP contribution in [0, 0.1) is 0 Å². The van der Waals surface area contributed by atoms with Crippen LogP contribution in [0.1, 0.15) is 15.9 Å². The van der Waals surface area contributed by atoms with Gasteiger partial charge in [-0.25, -0.2) is 0 Å². The SMILES string of the molecule is O=C(F)c1ccc(COF)cc1. The fourth-order valence-corrected chi connectivity index (χ4v) is 0.795. The Hall–Kier alpha value is -1.29. The summed E-state index contributed by atoms with van der Waals surface area (Å²) in [6, 6.07) is 3.90. The Bertz CT molecular complexity index is 269. The summed E-state index contributed by atoms with van der Waals surface area (Å²) in [6.07, 6.45) is 0. The summed E-state index contributed by atoms with van der Waals surface area (Å²) in [5, 5.41) is 0. The Labute approximate surface area is 67.7 Å². The number of benzene rings is 1. The molecule has 0 aromatic heterocycles. The largest absolute Gasteiger partial charge is 0.332 e. The normalized spacial score (nSPS) is 9.83. The third kappa shape index (κ3) is 2.10. The van der Waals surface area contributed by atoms with Gasteiger partial charge in [0, 0.05) is 0 Å². The topological polar surface area (TPSA) is 26.3 Å². The van der Waals surface area contributed by atoms with Gasteiger partial charge in [0.1, 0.15) is 6.61 Å². The number of hydrogen-bond acceptors (Lipinski definition) is 2. The number of carbonyl (C=O) groups is 1. The van der Waals surface area contributed by atoms with Crippen LogP contribution in [-0.2, 0) is 11.5 Å². The molecule has 0 N–H and O–H groups in total. The maximum atomic E-state index is 12.0. The highest BCUT2D eigenvalue weighted by Gasteiger charge is 2.02. The van der Waals surface area contributed by atoms with Crippen molar-refractivity contribution in [3.8, 4) is 0 Å². The van der Waals surface area contributed by atoms with Gasteiger partial charge in [0.25, 0.3) is 0 Å². The van der Waals surface area contributed by atoms with Crippen molar-refractivity contribution in [1.82, 2.24) is 0 Å². The Kier molecular flexibility index (Phi) is 2.88. The highest BCUT2D eigenvalue weighted by molar-refractivity contribution is 5.88. The van der Waals surface area contributed by atoms with Gasteiger partial charge in [-0.15, -0.1) is 0 Å². The molecule has 0 saturated heterocycles. The summed E-state index contributed by atoms with van der Waals surface area (Å²) in [5.41, 5.74) is 0.500. The van der Waals surface area contributed by atoms with Gasteiger partial charge in [0.05, 0.1) is 5.56 Å². The molecule has 0 spiro atoms. The molecule has 0 bridgehead atoms. The van der Waals surface area contributed by atoms with E-state index in [1.807, 2.05) is 0 Å². The van der Waals surface area contributed by atoms with Crippen LogP contribution in [0.15, 0.2) is 24.3 Å². The Morgan fingerprint density at radius 2 is 1.92 bits per heavy atom. The van der Waals surface area contributed by atoms with Crippen LogP contribution in [0.2, 0.25) is 0 Å². The molecule has 0 aliphatic carbocycles. The second-order valence-electron chi connectivity index (χ2n) is 2.22. The molecule has 1 rings (SSSR count). The third-order valence-corrected chi connectivity index (χ3v) is 1.40. The van der Waals surface area contributed by atoms with E-state index in [2.05, 4.69) is 4.94 Å². The molecule has 0 aliphatic heterocycles. The molecule has 12 heavy (non-hydrogen) atoms. The van der Waals surface area contributed by atoms with Crippen LogP contribution in [0.25, 0.3) is 0 Å². The van der Waals surface area contributed by atoms with Gasteiger partial charge >= 0.3 is 6.04 Å². The summed E-state index contributed by atoms with van der Waals surface area (Å²) in [7, 11) is 0. The van der Waals surface area contributed by atoms with E-state index in [0.717, 1.165) is 0 Å². The van der Waals surface area contributed by atoms with Gasteiger partial charge in [-0.3, -0.25) is 4.79 Å². The van der Waals surface area contributed by atoms with Gasteiger partial charge in [0.15, 0.2) is 0 Å². The second kappa shape index (κ2) is 3.92. The quantitative estimate of drug-likeness (QED) is 0.653. The second-order valence-corrected chi connectivity index (χ2v) is 2.22. The van der Waals surface area contributed by atoms with Crippen molar-refractivity contribution in [3.63, 3.8) is 0 Å². The first-order valence-electron chi connectivity index (χ1n) is 3.26. The van der Waals surface area contributed by atoms with Crippen molar-refractivity contribution in [2.24, 2.45) is 0 Å². The minimum atomic E-state index is -1.50. The molecule has 0 heterocycles. The van der Waals surface area contributed by atoms with Crippen LogP contribution in [0.5, 0.6) is 0 Å². The third-order valence-electron chi connectivity index (χ3n) is 1.40. The minimum Gasteiger partial charge on any atom is -0.255 e. The van der Waals surface area contributed by atoms with E-state index in [9.17, 15) is 13.7 Å². The maximum Gasteiger partial charge on any atom is 0.332 e. The number of rotatable bonds is 3. The fraction of sp³-hybridized carbons (Fsp3) is 0.125. The van der Waals surface area contributed by atoms with Crippen LogP contribution >= 0.6 is 0 Å². The van der Waals surface area contributed by atoms with E-state index in [4.69, 9.17) is 0 Å². The van der Waals surface area contributed by atoms with Crippen LogP contribution in [-0.4, -0.2) is 6.04 Å². The van der Waals surface area contributed by atoms with Crippen molar-refractivity contribution >= 4 is 6.04 Å². The Morgan fingerprint density at radius 3 is 2.33 bits per heavy atom. The first-order valence-corrected chi connectivity index (χ1v) is 3.26. The average molecular weight is 172 g/mol. The van der Waals surface area contributed by atoms with Crippen LogP contribution in [0.4, 0.5) is 8.92 Å². The predicted molar refractivity (Wildman–Crippen MR) is 37.8 cm³/mol. The summed E-state index contributed by atoms with van der Waals surface area (Å²) in [4.78, 5) is 13.5. The van der Waals surface area contributed by atoms with Gasteiger partial charge in [-0.05, 0) is 22.2 Å². The summed E-state index contributed by atoms with van der Waals surface area (Å²) < 4.78 is 23.3. The lowest BCUT2D eigenvalue weighted by Crippen LogP contribution is -1.91. The highest BCUT2D eigenvalue weighted by Crippen LogP contribution is 2.06. The molecule has 0 radical (unpaired) electrons. The maximum absolute atomic E-state index is 12.0. The molecule has 0 aliphatic rings. The summed E-state index contributed by atoms with van der Waals surface area (Å²) in [6.45, 7) is -0.194. The number of halogens is 2. The monoisotopic (exact) mass is 172 g/mol. The lowest BCUT2D eigenvalue weighted by Gasteiger charge is -1.96. The van der Waals surface area contributed by atoms with Crippen molar-refractivity contribution in [3.05, 3.63) is 35.4 Å². The number of hydrogen-bond donors (Lipinski definition) is 0. The predicted octanol–water partition coefficient (Wildman–Crippen LogP) is 2.20. The zero-order valence-electron chi connectivity index (χ0n) is 6.09. The lowest BCUT2D eigenvalue weighted by atomic mass is 10.1. The van der Waals surface area contributed by atoms with Gasteiger partial charge < -0.3 is 0 Å². The first-order chi connectivity index (χ1) is 5.74. The van der Waals surface area contributed by atoms with E-state index in [-0.39, 0.29) is 12.2 Å². The van der Waals surface area contributed by atoms with Gasteiger partial charge in [-0.2, -0.15) is 9.33 Å². The smallest absolute Gasteiger partial charge is 0.255 e.